The number of hydrogen-bond acceptors (Lipinski definition) is 3. The molecular weight excluding hydrogens is 362 g/mol. The third-order valence-corrected chi connectivity index (χ3v) is 4.54. The second-order valence-electron chi connectivity index (χ2n) is 6.97. The Kier molecular flexibility index (Phi) is 6.63. The number of carbonyl (C=O) groups is 2. The van der Waals surface area contributed by atoms with Gasteiger partial charge in [0.2, 0.25) is 5.91 Å². The van der Waals surface area contributed by atoms with Crippen molar-refractivity contribution in [3.8, 4) is 0 Å². The van der Waals surface area contributed by atoms with Gasteiger partial charge in [-0.05, 0) is 54.8 Å². The fourth-order valence-electron chi connectivity index (χ4n) is 2.93. The van der Waals surface area contributed by atoms with Crippen molar-refractivity contribution in [3.63, 3.8) is 0 Å². The molecule has 0 aromatic heterocycles. The van der Waals surface area contributed by atoms with E-state index in [1.807, 2.05) is 62.4 Å². The van der Waals surface area contributed by atoms with Crippen molar-refractivity contribution in [2.24, 2.45) is 0 Å². The van der Waals surface area contributed by atoms with Crippen molar-refractivity contribution in [3.05, 3.63) is 95.1 Å². The molecule has 3 aromatic rings. The number of anilines is 2. The minimum absolute atomic E-state index is 0.148. The molecule has 0 fully saturated rings. The fraction of sp³-hybridized carbons (Fsp3) is 0.167. The first-order valence-corrected chi connectivity index (χ1v) is 9.54. The summed E-state index contributed by atoms with van der Waals surface area (Å²) in [5, 5.41) is 8.88. The molecule has 2 amide bonds. The van der Waals surface area contributed by atoms with Crippen LogP contribution in [0, 0.1) is 13.8 Å². The Bertz CT molecular complexity index is 1000. The minimum atomic E-state index is -0.182. The van der Waals surface area contributed by atoms with Gasteiger partial charge in [-0.25, -0.2) is 0 Å². The van der Waals surface area contributed by atoms with Crippen molar-refractivity contribution in [1.82, 2.24) is 5.32 Å². The summed E-state index contributed by atoms with van der Waals surface area (Å²) in [5.41, 5.74) is 5.27. The number of carbonyl (C=O) groups excluding carboxylic acids is 2. The van der Waals surface area contributed by atoms with Crippen LogP contribution in [0.2, 0.25) is 0 Å². The van der Waals surface area contributed by atoms with Gasteiger partial charge >= 0.3 is 0 Å². The largest absolute Gasteiger partial charge is 0.376 e. The molecule has 148 valence electrons. The van der Waals surface area contributed by atoms with Gasteiger partial charge < -0.3 is 16.0 Å². The molecule has 0 saturated carbocycles. The smallest absolute Gasteiger partial charge is 0.251 e. The standard InChI is InChI=1S/C24H25N3O2/c1-17-11-12-18(2)22(13-17)25-16-23(28)27-21-10-6-9-20(14-21)24(29)26-15-19-7-4-3-5-8-19/h3-14,25H,15-16H2,1-2H3,(H,26,29)(H,27,28). The van der Waals surface area contributed by atoms with Crippen LogP contribution in [0.4, 0.5) is 11.4 Å². The summed E-state index contributed by atoms with van der Waals surface area (Å²) in [5.74, 6) is -0.355. The summed E-state index contributed by atoms with van der Waals surface area (Å²) < 4.78 is 0. The molecule has 0 atom stereocenters. The van der Waals surface area contributed by atoms with Crippen LogP contribution >= 0.6 is 0 Å². The van der Waals surface area contributed by atoms with E-state index in [4.69, 9.17) is 0 Å². The molecule has 0 saturated heterocycles. The zero-order valence-corrected chi connectivity index (χ0v) is 16.7. The lowest BCUT2D eigenvalue weighted by Crippen LogP contribution is -2.24. The molecule has 3 rings (SSSR count). The maximum absolute atomic E-state index is 12.4. The quantitative estimate of drug-likeness (QED) is 0.567. The Balaban J connectivity index is 1.55. The van der Waals surface area contributed by atoms with Gasteiger partial charge in [0.05, 0.1) is 6.54 Å². The van der Waals surface area contributed by atoms with E-state index in [1.54, 1.807) is 24.3 Å². The van der Waals surface area contributed by atoms with Gasteiger partial charge in [-0.2, -0.15) is 0 Å². The Hall–Kier alpha value is -3.60. The lowest BCUT2D eigenvalue weighted by molar-refractivity contribution is -0.114. The predicted molar refractivity (Wildman–Crippen MR) is 117 cm³/mol. The number of rotatable bonds is 7. The van der Waals surface area contributed by atoms with Crippen LogP contribution in [0.15, 0.2) is 72.8 Å². The Labute approximate surface area is 171 Å². The van der Waals surface area contributed by atoms with E-state index in [-0.39, 0.29) is 18.4 Å². The van der Waals surface area contributed by atoms with Crippen molar-refractivity contribution < 1.29 is 9.59 Å². The van der Waals surface area contributed by atoms with E-state index in [0.717, 1.165) is 22.4 Å². The number of nitrogens with one attached hydrogen (secondary N) is 3. The van der Waals surface area contributed by atoms with Crippen LogP contribution in [0.25, 0.3) is 0 Å². The van der Waals surface area contributed by atoms with Crippen LogP contribution in [0.5, 0.6) is 0 Å². The highest BCUT2D eigenvalue weighted by molar-refractivity contribution is 5.98. The summed E-state index contributed by atoms with van der Waals surface area (Å²) >= 11 is 0. The molecule has 5 heteroatoms. The van der Waals surface area contributed by atoms with E-state index in [1.165, 1.54) is 0 Å². The highest BCUT2D eigenvalue weighted by atomic mass is 16.2. The second-order valence-corrected chi connectivity index (χ2v) is 6.97. The van der Waals surface area contributed by atoms with Gasteiger partial charge in [0, 0.05) is 23.5 Å². The van der Waals surface area contributed by atoms with Gasteiger partial charge in [-0.1, -0.05) is 48.5 Å². The zero-order chi connectivity index (χ0) is 20.6. The van der Waals surface area contributed by atoms with E-state index < -0.39 is 0 Å². The number of benzene rings is 3. The van der Waals surface area contributed by atoms with Crippen molar-refractivity contribution in [1.29, 1.82) is 0 Å². The van der Waals surface area contributed by atoms with Gasteiger partial charge in [0.15, 0.2) is 0 Å². The first-order valence-electron chi connectivity index (χ1n) is 9.54. The Morgan fingerprint density at radius 1 is 0.862 bits per heavy atom. The summed E-state index contributed by atoms with van der Waals surface area (Å²) in [6.45, 7) is 4.61. The topological polar surface area (TPSA) is 70.2 Å². The summed E-state index contributed by atoms with van der Waals surface area (Å²) in [7, 11) is 0. The van der Waals surface area contributed by atoms with Crippen LogP contribution in [-0.2, 0) is 11.3 Å². The number of aryl methyl sites for hydroxylation is 2. The lowest BCUT2D eigenvalue weighted by atomic mass is 10.1. The van der Waals surface area contributed by atoms with Crippen molar-refractivity contribution >= 4 is 23.2 Å². The average molecular weight is 387 g/mol. The molecule has 0 spiro atoms. The maximum atomic E-state index is 12.4. The minimum Gasteiger partial charge on any atom is -0.376 e. The molecule has 0 bridgehead atoms. The molecule has 0 radical (unpaired) electrons. The Morgan fingerprint density at radius 2 is 1.66 bits per heavy atom. The molecule has 3 N–H and O–H groups in total. The lowest BCUT2D eigenvalue weighted by Gasteiger charge is -2.11. The first-order chi connectivity index (χ1) is 14.0. The van der Waals surface area contributed by atoms with Crippen LogP contribution in [-0.4, -0.2) is 18.4 Å². The maximum Gasteiger partial charge on any atom is 0.251 e. The first kappa shape index (κ1) is 20.1. The number of amides is 2. The second kappa shape index (κ2) is 9.55. The molecule has 0 aliphatic carbocycles. The van der Waals surface area contributed by atoms with E-state index >= 15 is 0 Å². The summed E-state index contributed by atoms with van der Waals surface area (Å²) in [4.78, 5) is 24.7. The molecule has 5 nitrogen and oxygen atoms in total. The molecule has 3 aromatic carbocycles. The highest BCUT2D eigenvalue weighted by Gasteiger charge is 2.08. The van der Waals surface area contributed by atoms with Gasteiger partial charge in [0.1, 0.15) is 0 Å². The normalized spacial score (nSPS) is 10.3. The van der Waals surface area contributed by atoms with Gasteiger partial charge in [-0.15, -0.1) is 0 Å². The third kappa shape index (κ3) is 5.94. The van der Waals surface area contributed by atoms with E-state index in [0.29, 0.717) is 17.8 Å². The number of hydrogen-bond donors (Lipinski definition) is 3. The molecular formula is C24H25N3O2. The SMILES string of the molecule is Cc1ccc(C)c(NCC(=O)Nc2cccc(C(=O)NCc3ccccc3)c2)c1. The van der Waals surface area contributed by atoms with Crippen LogP contribution < -0.4 is 16.0 Å². The Morgan fingerprint density at radius 3 is 2.45 bits per heavy atom. The van der Waals surface area contributed by atoms with E-state index in [9.17, 15) is 9.59 Å². The average Bonchev–Trinajstić information content (AvgIpc) is 2.73. The van der Waals surface area contributed by atoms with Gasteiger partial charge in [-0.3, -0.25) is 9.59 Å². The highest BCUT2D eigenvalue weighted by Crippen LogP contribution is 2.16. The molecule has 0 aliphatic heterocycles. The molecule has 0 heterocycles. The molecule has 0 aliphatic rings. The zero-order valence-electron chi connectivity index (χ0n) is 16.7. The summed E-state index contributed by atoms with van der Waals surface area (Å²) in [6.07, 6.45) is 0. The fourth-order valence-corrected chi connectivity index (χ4v) is 2.93. The van der Waals surface area contributed by atoms with Crippen LogP contribution in [0.1, 0.15) is 27.0 Å². The van der Waals surface area contributed by atoms with Crippen LogP contribution in [0.3, 0.4) is 0 Å². The van der Waals surface area contributed by atoms with Crippen molar-refractivity contribution in [2.75, 3.05) is 17.2 Å². The van der Waals surface area contributed by atoms with E-state index in [2.05, 4.69) is 16.0 Å². The predicted octanol–water partition coefficient (Wildman–Crippen LogP) is 4.28. The summed E-state index contributed by atoms with van der Waals surface area (Å²) in [6, 6.07) is 22.7. The third-order valence-electron chi connectivity index (χ3n) is 4.54. The van der Waals surface area contributed by atoms with Crippen molar-refractivity contribution in [2.45, 2.75) is 20.4 Å². The van der Waals surface area contributed by atoms with Gasteiger partial charge in [0.25, 0.3) is 5.91 Å². The monoisotopic (exact) mass is 387 g/mol. The molecule has 0 unspecified atom stereocenters. The molecule has 29 heavy (non-hydrogen) atoms.